The molecule has 0 aliphatic rings. The zero-order valence-corrected chi connectivity index (χ0v) is 14.8. The summed E-state index contributed by atoms with van der Waals surface area (Å²) in [6.45, 7) is 0.457. The van der Waals surface area contributed by atoms with E-state index >= 15 is 0 Å². The number of carbonyl (C=O) groups is 1. The average molecular weight is 374 g/mol. The summed E-state index contributed by atoms with van der Waals surface area (Å²) in [5, 5.41) is 0.593. The normalized spacial score (nSPS) is 11.4. The molecule has 23 heavy (non-hydrogen) atoms. The Morgan fingerprint density at radius 3 is 2.78 bits per heavy atom. The van der Waals surface area contributed by atoms with E-state index in [1.54, 1.807) is 30.3 Å². The molecule has 0 aliphatic carbocycles. The second-order valence-electron chi connectivity index (χ2n) is 4.89. The molecule has 0 atom stereocenters. The molecule has 1 aromatic heterocycles. The van der Waals surface area contributed by atoms with Gasteiger partial charge in [-0.15, -0.1) is 11.3 Å². The number of sulfonamides is 1. The first-order valence-corrected chi connectivity index (χ1v) is 9.87. The minimum absolute atomic E-state index is 0.155. The first kappa shape index (κ1) is 17.9. The van der Waals surface area contributed by atoms with E-state index in [1.165, 1.54) is 11.3 Å². The Balaban J connectivity index is 1.86. The molecule has 0 radical (unpaired) electrons. The van der Waals surface area contributed by atoms with Gasteiger partial charge in [-0.2, -0.15) is 0 Å². The molecule has 1 aromatic carbocycles. The third-order valence-electron chi connectivity index (χ3n) is 2.86. The molecule has 2 rings (SSSR count). The highest BCUT2D eigenvalue weighted by Crippen LogP contribution is 2.19. The summed E-state index contributed by atoms with van der Waals surface area (Å²) in [6.07, 6.45) is 1.64. The van der Waals surface area contributed by atoms with Crippen LogP contribution in [0.15, 0.2) is 36.4 Å². The molecule has 2 aromatic rings. The number of carbonyl (C=O) groups excluding carboxylic acids is 1. The van der Waals surface area contributed by atoms with Gasteiger partial charge in [0, 0.05) is 16.4 Å². The highest BCUT2D eigenvalue weighted by molar-refractivity contribution is 7.88. The molecular weight excluding hydrogens is 358 g/mol. The first-order chi connectivity index (χ1) is 10.8. The van der Waals surface area contributed by atoms with Crippen LogP contribution in [0.4, 0.5) is 0 Å². The second-order valence-corrected chi connectivity index (χ2v) is 8.33. The lowest BCUT2D eigenvalue weighted by Gasteiger charge is -2.03. The number of nitrogens with one attached hydrogen (secondary N) is 1. The van der Waals surface area contributed by atoms with Crippen molar-refractivity contribution in [2.45, 2.75) is 13.0 Å². The van der Waals surface area contributed by atoms with Crippen LogP contribution in [0.1, 0.15) is 20.1 Å². The third kappa shape index (κ3) is 6.31. The van der Waals surface area contributed by atoms with Crippen molar-refractivity contribution in [3.8, 4) is 0 Å². The van der Waals surface area contributed by atoms with Crippen LogP contribution >= 0.6 is 22.9 Å². The fraction of sp³-hybridized carbons (Fsp3) is 0.267. The molecule has 0 saturated carbocycles. The lowest BCUT2D eigenvalue weighted by molar-refractivity contribution is 0.0478. The van der Waals surface area contributed by atoms with E-state index in [9.17, 15) is 13.2 Å². The maximum atomic E-state index is 12.0. The summed E-state index contributed by atoms with van der Waals surface area (Å²) in [7, 11) is -3.19. The maximum absolute atomic E-state index is 12.0. The Labute approximate surface area is 144 Å². The Hall–Kier alpha value is -1.41. The van der Waals surface area contributed by atoms with Crippen LogP contribution in [0.3, 0.4) is 0 Å². The maximum Gasteiger partial charge on any atom is 0.348 e. The number of benzene rings is 1. The first-order valence-electron chi connectivity index (χ1n) is 6.78. The summed E-state index contributed by atoms with van der Waals surface area (Å²) < 4.78 is 29.6. The summed E-state index contributed by atoms with van der Waals surface area (Å²) in [6, 6.07) is 10.6. The van der Waals surface area contributed by atoms with Crippen LogP contribution in [-0.4, -0.2) is 27.2 Å². The van der Waals surface area contributed by atoms with Gasteiger partial charge >= 0.3 is 5.97 Å². The van der Waals surface area contributed by atoms with E-state index in [-0.39, 0.29) is 6.61 Å². The van der Waals surface area contributed by atoms with Crippen LogP contribution in [0, 0.1) is 0 Å². The van der Waals surface area contributed by atoms with Crippen LogP contribution < -0.4 is 4.72 Å². The smallest absolute Gasteiger partial charge is 0.348 e. The molecule has 0 bridgehead atoms. The van der Waals surface area contributed by atoms with Gasteiger partial charge in [0.15, 0.2) is 0 Å². The van der Waals surface area contributed by atoms with Crippen molar-refractivity contribution in [2.75, 3.05) is 12.8 Å². The highest BCUT2D eigenvalue weighted by Gasteiger charge is 2.11. The van der Waals surface area contributed by atoms with Crippen LogP contribution in [0.5, 0.6) is 0 Å². The number of hydrogen-bond donors (Lipinski definition) is 1. The molecule has 5 nitrogen and oxygen atoms in total. The predicted octanol–water partition coefficient (Wildman–Crippen LogP) is 2.85. The second kappa shape index (κ2) is 7.92. The molecule has 0 unspecified atom stereocenters. The van der Waals surface area contributed by atoms with Gasteiger partial charge in [-0.25, -0.2) is 17.9 Å². The number of esters is 1. The topological polar surface area (TPSA) is 72.5 Å². The van der Waals surface area contributed by atoms with Gasteiger partial charge < -0.3 is 4.74 Å². The van der Waals surface area contributed by atoms with Crippen LogP contribution in [-0.2, 0) is 27.8 Å². The monoisotopic (exact) mass is 373 g/mol. The van der Waals surface area contributed by atoms with Gasteiger partial charge in [-0.3, -0.25) is 0 Å². The van der Waals surface area contributed by atoms with Gasteiger partial charge in [-0.1, -0.05) is 23.7 Å². The quantitative estimate of drug-likeness (QED) is 0.757. The standard InChI is InChI=1S/C15H16ClNO4S2/c1-23(19,20)17-8-7-13-5-6-14(22-13)15(18)21-10-11-3-2-4-12(16)9-11/h2-6,9,17H,7-8,10H2,1H3. The molecule has 1 heterocycles. The van der Waals surface area contributed by atoms with Gasteiger partial charge in [0.25, 0.3) is 0 Å². The SMILES string of the molecule is CS(=O)(=O)NCCc1ccc(C(=O)OCc2cccc(Cl)c2)s1. The van der Waals surface area contributed by atoms with Crippen molar-refractivity contribution < 1.29 is 17.9 Å². The minimum Gasteiger partial charge on any atom is -0.457 e. The fourth-order valence-electron chi connectivity index (χ4n) is 1.83. The lowest BCUT2D eigenvalue weighted by atomic mass is 10.2. The van der Waals surface area contributed by atoms with E-state index in [2.05, 4.69) is 4.72 Å². The zero-order chi connectivity index (χ0) is 16.9. The number of halogens is 1. The minimum atomic E-state index is -3.19. The van der Waals surface area contributed by atoms with Crippen molar-refractivity contribution in [1.29, 1.82) is 0 Å². The van der Waals surface area contributed by atoms with E-state index < -0.39 is 16.0 Å². The van der Waals surface area contributed by atoms with E-state index in [4.69, 9.17) is 16.3 Å². The van der Waals surface area contributed by atoms with Crippen molar-refractivity contribution in [1.82, 2.24) is 4.72 Å². The van der Waals surface area contributed by atoms with Gasteiger partial charge in [0.1, 0.15) is 11.5 Å². The summed E-state index contributed by atoms with van der Waals surface area (Å²) >= 11 is 7.17. The Morgan fingerprint density at radius 2 is 2.09 bits per heavy atom. The number of thiophene rings is 1. The van der Waals surface area contributed by atoms with Gasteiger partial charge in [0.2, 0.25) is 10.0 Å². The van der Waals surface area contributed by atoms with E-state index in [0.717, 1.165) is 16.7 Å². The Kier molecular flexibility index (Phi) is 6.17. The summed E-state index contributed by atoms with van der Waals surface area (Å²) in [5.74, 6) is -0.405. The molecule has 0 spiro atoms. The van der Waals surface area contributed by atoms with Crippen LogP contribution in [0.2, 0.25) is 5.02 Å². The predicted molar refractivity (Wildman–Crippen MR) is 91.4 cm³/mol. The Morgan fingerprint density at radius 1 is 1.30 bits per heavy atom. The molecule has 1 N–H and O–H groups in total. The molecular formula is C15H16ClNO4S2. The molecule has 0 aliphatic heterocycles. The number of rotatable bonds is 7. The van der Waals surface area contributed by atoms with Crippen molar-refractivity contribution in [3.63, 3.8) is 0 Å². The summed E-state index contributed by atoms with van der Waals surface area (Å²) in [5.41, 5.74) is 0.819. The molecule has 8 heteroatoms. The average Bonchev–Trinajstić information content (AvgIpc) is 2.92. The number of ether oxygens (including phenoxy) is 1. The third-order valence-corrected chi connectivity index (χ3v) is 4.95. The molecule has 124 valence electrons. The largest absolute Gasteiger partial charge is 0.457 e. The zero-order valence-electron chi connectivity index (χ0n) is 12.4. The molecule has 0 saturated heterocycles. The van der Waals surface area contributed by atoms with Gasteiger partial charge in [-0.05, 0) is 36.2 Å². The van der Waals surface area contributed by atoms with Crippen LogP contribution in [0.25, 0.3) is 0 Å². The molecule has 0 amide bonds. The summed E-state index contributed by atoms with van der Waals surface area (Å²) in [4.78, 5) is 13.4. The van der Waals surface area contributed by atoms with Crippen molar-refractivity contribution in [2.24, 2.45) is 0 Å². The van der Waals surface area contributed by atoms with Crippen molar-refractivity contribution in [3.05, 3.63) is 56.7 Å². The Bertz CT molecular complexity index is 786. The molecule has 0 fully saturated rings. The number of hydrogen-bond acceptors (Lipinski definition) is 5. The lowest BCUT2D eigenvalue weighted by Crippen LogP contribution is -2.23. The van der Waals surface area contributed by atoms with Gasteiger partial charge in [0.05, 0.1) is 6.26 Å². The van der Waals surface area contributed by atoms with E-state index in [0.29, 0.717) is 22.9 Å². The van der Waals surface area contributed by atoms with E-state index in [1.807, 2.05) is 6.07 Å². The fourth-order valence-corrected chi connectivity index (χ4v) is 3.42. The highest BCUT2D eigenvalue weighted by atomic mass is 35.5. The van der Waals surface area contributed by atoms with Crippen molar-refractivity contribution >= 4 is 38.9 Å².